The lowest BCUT2D eigenvalue weighted by molar-refractivity contribution is -0.138. The lowest BCUT2D eigenvalue weighted by Gasteiger charge is -2.31. The Kier molecular flexibility index (Phi) is 10.3. The van der Waals surface area contributed by atoms with E-state index in [-0.39, 0.29) is 17.3 Å². The molecule has 202 valence electrons. The number of nitrogens with zero attached hydrogens (tertiary/aromatic N) is 2. The molecule has 3 rings (SSSR count). The van der Waals surface area contributed by atoms with E-state index in [1.54, 1.807) is 43.3 Å². The molecule has 0 spiro atoms. The topological polar surface area (TPSA) is 96.0 Å². The first-order chi connectivity index (χ1) is 18.2. The summed E-state index contributed by atoms with van der Waals surface area (Å²) in [5.74, 6) is -0.248. The number of carbonyl (C=O) groups is 2. The van der Waals surface area contributed by atoms with Gasteiger partial charge in [-0.2, -0.15) is 0 Å². The van der Waals surface area contributed by atoms with Crippen molar-refractivity contribution in [1.29, 1.82) is 0 Å². The molecule has 0 aliphatic carbocycles. The molecule has 0 heterocycles. The van der Waals surface area contributed by atoms with Crippen LogP contribution in [-0.2, 0) is 26.0 Å². The summed E-state index contributed by atoms with van der Waals surface area (Å²) in [6, 6.07) is 21.5. The molecule has 38 heavy (non-hydrogen) atoms. The third-order valence-electron chi connectivity index (χ3n) is 6.01. The second kappa shape index (κ2) is 13.4. The number of benzene rings is 3. The summed E-state index contributed by atoms with van der Waals surface area (Å²) in [6.07, 6.45) is 0.510. The fourth-order valence-electron chi connectivity index (χ4n) is 3.92. The molecular formula is C28H32BrN3O5S. The molecule has 2 amide bonds. The molecule has 10 heteroatoms. The van der Waals surface area contributed by atoms with Crippen LogP contribution in [0.25, 0.3) is 0 Å². The molecule has 1 unspecified atom stereocenters. The van der Waals surface area contributed by atoms with Gasteiger partial charge in [0.15, 0.2) is 0 Å². The predicted octanol–water partition coefficient (Wildman–Crippen LogP) is 4.25. The van der Waals surface area contributed by atoms with Crippen LogP contribution in [0.4, 0.5) is 5.69 Å². The zero-order chi connectivity index (χ0) is 27.7. The summed E-state index contributed by atoms with van der Waals surface area (Å²) in [7, 11) is -2.62. The first kappa shape index (κ1) is 29.2. The van der Waals surface area contributed by atoms with Crippen LogP contribution >= 0.6 is 15.9 Å². The van der Waals surface area contributed by atoms with Gasteiger partial charge >= 0.3 is 0 Å². The highest BCUT2D eigenvalue weighted by Crippen LogP contribution is 2.27. The van der Waals surface area contributed by atoms with Gasteiger partial charge in [0.1, 0.15) is 18.3 Å². The Morgan fingerprint density at radius 2 is 1.61 bits per heavy atom. The molecule has 0 fully saturated rings. The standard InChI is InChI=1S/C28H32BrN3O5S/c1-4-37-25-14-12-24(13-15-25)32(38(35,36)26-16-10-23(29)11-17-26)20-27(33)31(21(2)28(34)30-3)19-18-22-8-6-5-7-9-22/h5-17,21H,4,18-20H2,1-3H3,(H,30,34). The summed E-state index contributed by atoms with van der Waals surface area (Å²) >= 11 is 3.33. The number of sulfonamides is 1. The molecule has 8 nitrogen and oxygen atoms in total. The van der Waals surface area contributed by atoms with Crippen LogP contribution in [-0.4, -0.2) is 57.9 Å². The first-order valence-corrected chi connectivity index (χ1v) is 14.5. The smallest absolute Gasteiger partial charge is 0.264 e. The summed E-state index contributed by atoms with van der Waals surface area (Å²) in [6.45, 7) is 3.71. The average molecular weight is 603 g/mol. The minimum atomic E-state index is -4.12. The van der Waals surface area contributed by atoms with Crippen LogP contribution in [0.3, 0.4) is 0 Å². The van der Waals surface area contributed by atoms with Crippen molar-refractivity contribution >= 4 is 43.5 Å². The van der Waals surface area contributed by atoms with Crippen molar-refractivity contribution in [3.05, 3.63) is 88.9 Å². The van der Waals surface area contributed by atoms with Crippen molar-refractivity contribution in [2.24, 2.45) is 0 Å². The summed E-state index contributed by atoms with van der Waals surface area (Å²) in [5, 5.41) is 2.58. The molecule has 1 N–H and O–H groups in total. The van der Waals surface area contributed by atoms with Gasteiger partial charge < -0.3 is 15.0 Å². The molecule has 0 bridgehead atoms. The van der Waals surface area contributed by atoms with Crippen LogP contribution in [0, 0.1) is 0 Å². The van der Waals surface area contributed by atoms with Crippen molar-refractivity contribution in [1.82, 2.24) is 10.2 Å². The number of rotatable bonds is 12. The van der Waals surface area contributed by atoms with Crippen molar-refractivity contribution in [3.8, 4) is 5.75 Å². The molecule has 0 saturated heterocycles. The Morgan fingerprint density at radius 1 is 0.974 bits per heavy atom. The minimum Gasteiger partial charge on any atom is -0.494 e. The maximum absolute atomic E-state index is 13.8. The SMILES string of the molecule is CCOc1ccc(N(CC(=O)N(CCc2ccccc2)C(C)C(=O)NC)S(=O)(=O)c2ccc(Br)cc2)cc1. The van der Waals surface area contributed by atoms with Crippen molar-refractivity contribution < 1.29 is 22.7 Å². The van der Waals surface area contributed by atoms with Gasteiger partial charge in [-0.1, -0.05) is 46.3 Å². The van der Waals surface area contributed by atoms with Gasteiger partial charge in [0.2, 0.25) is 11.8 Å². The van der Waals surface area contributed by atoms with Gasteiger partial charge in [0, 0.05) is 18.1 Å². The second-order valence-electron chi connectivity index (χ2n) is 8.51. The highest BCUT2D eigenvalue weighted by molar-refractivity contribution is 9.10. The van der Waals surface area contributed by atoms with E-state index in [0.717, 1.165) is 14.3 Å². The normalized spacial score (nSPS) is 11.9. The van der Waals surface area contributed by atoms with Crippen molar-refractivity contribution in [2.75, 3.05) is 31.0 Å². The summed E-state index contributed by atoms with van der Waals surface area (Å²) in [4.78, 5) is 27.7. The molecule has 0 saturated carbocycles. The van der Waals surface area contributed by atoms with Gasteiger partial charge in [0.05, 0.1) is 17.2 Å². The molecule has 0 aromatic heterocycles. The lowest BCUT2D eigenvalue weighted by atomic mass is 10.1. The van der Waals surface area contributed by atoms with E-state index in [1.165, 1.54) is 24.1 Å². The summed E-state index contributed by atoms with van der Waals surface area (Å²) < 4.78 is 34.9. The van der Waals surface area contributed by atoms with Crippen LogP contribution in [0.2, 0.25) is 0 Å². The maximum Gasteiger partial charge on any atom is 0.264 e. The molecule has 1 atom stereocenters. The molecular weight excluding hydrogens is 570 g/mol. The van der Waals surface area contributed by atoms with E-state index in [1.807, 2.05) is 37.3 Å². The van der Waals surface area contributed by atoms with Gasteiger partial charge in [0.25, 0.3) is 10.0 Å². The van der Waals surface area contributed by atoms with Gasteiger partial charge in [-0.25, -0.2) is 8.42 Å². The maximum atomic E-state index is 13.8. The fourth-order valence-corrected chi connectivity index (χ4v) is 5.60. The quantitative estimate of drug-likeness (QED) is 0.335. The third kappa shape index (κ3) is 7.35. The summed E-state index contributed by atoms with van der Waals surface area (Å²) in [5.41, 5.74) is 1.31. The van der Waals surface area contributed by atoms with E-state index in [4.69, 9.17) is 4.74 Å². The van der Waals surface area contributed by atoms with Crippen molar-refractivity contribution in [3.63, 3.8) is 0 Å². The molecule has 0 aliphatic rings. The monoisotopic (exact) mass is 601 g/mol. The van der Waals surface area contributed by atoms with Gasteiger partial charge in [-0.15, -0.1) is 0 Å². The Morgan fingerprint density at radius 3 is 2.18 bits per heavy atom. The number of likely N-dealkylation sites (N-methyl/N-ethyl adjacent to an activating group) is 1. The van der Waals surface area contributed by atoms with E-state index in [9.17, 15) is 18.0 Å². The Labute approximate surface area is 232 Å². The number of anilines is 1. The minimum absolute atomic E-state index is 0.0394. The molecule has 3 aromatic rings. The second-order valence-corrected chi connectivity index (χ2v) is 11.3. The molecule has 0 radical (unpaired) electrons. The van der Waals surface area contributed by atoms with E-state index in [0.29, 0.717) is 24.5 Å². The lowest BCUT2D eigenvalue weighted by Crippen LogP contribution is -2.51. The van der Waals surface area contributed by atoms with E-state index >= 15 is 0 Å². The highest BCUT2D eigenvalue weighted by Gasteiger charge is 2.32. The number of hydrogen-bond donors (Lipinski definition) is 1. The number of carbonyl (C=O) groups excluding carboxylic acids is 2. The Hall–Kier alpha value is -3.37. The largest absolute Gasteiger partial charge is 0.494 e. The van der Waals surface area contributed by atoms with E-state index in [2.05, 4.69) is 21.2 Å². The Bertz CT molecular complexity index is 1320. The van der Waals surface area contributed by atoms with Crippen LogP contribution in [0.1, 0.15) is 19.4 Å². The zero-order valence-corrected chi connectivity index (χ0v) is 24.0. The predicted molar refractivity (Wildman–Crippen MR) is 152 cm³/mol. The highest BCUT2D eigenvalue weighted by atomic mass is 79.9. The number of ether oxygens (including phenoxy) is 1. The number of amides is 2. The average Bonchev–Trinajstić information content (AvgIpc) is 2.92. The number of hydrogen-bond acceptors (Lipinski definition) is 5. The Balaban J connectivity index is 1.97. The van der Waals surface area contributed by atoms with Gasteiger partial charge in [-0.05, 0) is 74.4 Å². The fraction of sp³-hybridized carbons (Fsp3) is 0.286. The molecule has 0 aliphatic heterocycles. The number of nitrogens with one attached hydrogen (secondary N) is 1. The van der Waals surface area contributed by atoms with Crippen LogP contribution < -0.4 is 14.4 Å². The first-order valence-electron chi connectivity index (χ1n) is 12.2. The van der Waals surface area contributed by atoms with Crippen LogP contribution in [0.5, 0.6) is 5.75 Å². The van der Waals surface area contributed by atoms with Crippen molar-refractivity contribution in [2.45, 2.75) is 31.2 Å². The third-order valence-corrected chi connectivity index (χ3v) is 8.33. The van der Waals surface area contributed by atoms with E-state index < -0.39 is 28.5 Å². The van der Waals surface area contributed by atoms with Crippen LogP contribution in [0.15, 0.2) is 88.2 Å². The van der Waals surface area contributed by atoms with Gasteiger partial charge in [-0.3, -0.25) is 13.9 Å². The molecule has 3 aromatic carbocycles. The zero-order valence-electron chi connectivity index (χ0n) is 21.6. The number of halogens is 1.